The van der Waals surface area contributed by atoms with E-state index in [1.807, 2.05) is 0 Å². The van der Waals surface area contributed by atoms with E-state index in [1.54, 1.807) is 22.7 Å². The number of nitrogens with one attached hydrogen (secondary N) is 1. The molecule has 0 aliphatic carbocycles. The Bertz CT molecular complexity index is 418. The number of aromatic nitrogens is 1. The summed E-state index contributed by atoms with van der Waals surface area (Å²) in [5.41, 5.74) is 2.47. The van der Waals surface area contributed by atoms with Crippen molar-refractivity contribution in [3.8, 4) is 0 Å². The molecule has 66 valence electrons. The number of thiazole rings is 1. The third kappa shape index (κ3) is 1.09. The summed E-state index contributed by atoms with van der Waals surface area (Å²) in [5, 5.41) is 7.91. The standard InChI is InChI=1S/C9H8N2S2/c1-5-10-7-4-8-6(2-3-12-8)11-9(7)13-5/h2-3,11H,4H2,1H3. The van der Waals surface area contributed by atoms with Crippen LogP contribution in [0.4, 0.5) is 10.7 Å². The zero-order valence-electron chi connectivity index (χ0n) is 7.13. The molecule has 3 rings (SSSR count). The molecule has 4 heteroatoms. The van der Waals surface area contributed by atoms with E-state index in [0.717, 1.165) is 11.4 Å². The Kier molecular flexibility index (Phi) is 1.48. The molecular formula is C9H8N2S2. The maximum absolute atomic E-state index is 4.49. The van der Waals surface area contributed by atoms with Gasteiger partial charge in [-0.2, -0.15) is 0 Å². The van der Waals surface area contributed by atoms with Crippen LogP contribution in [0.5, 0.6) is 0 Å². The Morgan fingerprint density at radius 3 is 3.38 bits per heavy atom. The van der Waals surface area contributed by atoms with Gasteiger partial charge in [-0.1, -0.05) is 0 Å². The van der Waals surface area contributed by atoms with Crippen molar-refractivity contribution in [2.45, 2.75) is 13.3 Å². The van der Waals surface area contributed by atoms with Gasteiger partial charge in [-0.05, 0) is 18.4 Å². The maximum Gasteiger partial charge on any atom is 0.117 e. The highest BCUT2D eigenvalue weighted by Crippen LogP contribution is 2.38. The molecule has 0 fully saturated rings. The average molecular weight is 208 g/mol. The Morgan fingerprint density at radius 2 is 2.46 bits per heavy atom. The molecule has 0 aromatic carbocycles. The van der Waals surface area contributed by atoms with E-state index in [4.69, 9.17) is 0 Å². The highest BCUT2D eigenvalue weighted by Gasteiger charge is 2.18. The molecule has 0 bridgehead atoms. The Morgan fingerprint density at radius 1 is 1.54 bits per heavy atom. The van der Waals surface area contributed by atoms with Crippen LogP contribution in [-0.4, -0.2) is 4.98 Å². The summed E-state index contributed by atoms with van der Waals surface area (Å²) in [6.45, 7) is 2.05. The molecule has 0 radical (unpaired) electrons. The lowest BCUT2D eigenvalue weighted by molar-refractivity contribution is 1.09. The first-order valence-electron chi connectivity index (χ1n) is 4.12. The minimum Gasteiger partial charge on any atom is -0.345 e. The molecule has 0 saturated carbocycles. The van der Waals surface area contributed by atoms with Gasteiger partial charge in [0, 0.05) is 11.3 Å². The van der Waals surface area contributed by atoms with E-state index < -0.39 is 0 Å². The maximum atomic E-state index is 4.49. The van der Waals surface area contributed by atoms with Crippen LogP contribution in [0.3, 0.4) is 0 Å². The number of thiophene rings is 1. The molecule has 1 N–H and O–H groups in total. The minimum atomic E-state index is 1.000. The predicted octanol–water partition coefficient (Wildman–Crippen LogP) is 3.16. The van der Waals surface area contributed by atoms with Crippen molar-refractivity contribution in [2.24, 2.45) is 0 Å². The fourth-order valence-corrected chi connectivity index (χ4v) is 3.23. The van der Waals surface area contributed by atoms with Crippen molar-refractivity contribution in [1.82, 2.24) is 4.98 Å². The Balaban J connectivity index is 2.12. The summed E-state index contributed by atoms with van der Waals surface area (Å²) in [5.74, 6) is 0. The van der Waals surface area contributed by atoms with Crippen LogP contribution in [0.1, 0.15) is 15.6 Å². The Labute approximate surface area is 84.3 Å². The first-order valence-corrected chi connectivity index (χ1v) is 5.82. The van der Waals surface area contributed by atoms with E-state index in [9.17, 15) is 0 Å². The second-order valence-electron chi connectivity index (χ2n) is 3.07. The summed E-state index contributed by atoms with van der Waals surface area (Å²) in [6.07, 6.45) is 1.000. The van der Waals surface area contributed by atoms with Crippen LogP contribution in [-0.2, 0) is 6.42 Å². The second kappa shape index (κ2) is 2.56. The van der Waals surface area contributed by atoms with Gasteiger partial charge >= 0.3 is 0 Å². The van der Waals surface area contributed by atoms with Gasteiger partial charge in [0.1, 0.15) is 5.00 Å². The summed E-state index contributed by atoms with van der Waals surface area (Å²) in [7, 11) is 0. The fraction of sp³-hybridized carbons (Fsp3) is 0.222. The van der Waals surface area contributed by atoms with Gasteiger partial charge in [-0.15, -0.1) is 22.7 Å². The van der Waals surface area contributed by atoms with Gasteiger partial charge in [-0.3, -0.25) is 0 Å². The number of nitrogens with zero attached hydrogens (tertiary/aromatic N) is 1. The zero-order chi connectivity index (χ0) is 8.84. The Hall–Kier alpha value is -0.870. The van der Waals surface area contributed by atoms with Gasteiger partial charge in [-0.25, -0.2) is 4.98 Å². The van der Waals surface area contributed by atoms with Crippen molar-refractivity contribution in [3.05, 3.63) is 27.0 Å². The molecule has 0 atom stereocenters. The van der Waals surface area contributed by atoms with E-state index in [-0.39, 0.29) is 0 Å². The summed E-state index contributed by atoms with van der Waals surface area (Å²) in [4.78, 5) is 5.89. The molecule has 2 nitrogen and oxygen atoms in total. The smallest absolute Gasteiger partial charge is 0.117 e. The zero-order valence-corrected chi connectivity index (χ0v) is 8.76. The van der Waals surface area contributed by atoms with Gasteiger partial charge in [0.15, 0.2) is 0 Å². The van der Waals surface area contributed by atoms with Crippen molar-refractivity contribution in [2.75, 3.05) is 5.32 Å². The van der Waals surface area contributed by atoms with Crippen molar-refractivity contribution >= 4 is 33.4 Å². The lowest BCUT2D eigenvalue weighted by atomic mass is 10.2. The molecule has 0 amide bonds. The van der Waals surface area contributed by atoms with Crippen LogP contribution in [0, 0.1) is 6.92 Å². The summed E-state index contributed by atoms with van der Waals surface area (Å²) in [6, 6.07) is 2.14. The molecular weight excluding hydrogens is 200 g/mol. The van der Waals surface area contributed by atoms with Crippen molar-refractivity contribution in [3.63, 3.8) is 0 Å². The molecule has 13 heavy (non-hydrogen) atoms. The van der Waals surface area contributed by atoms with Gasteiger partial charge in [0.25, 0.3) is 0 Å². The van der Waals surface area contributed by atoms with Crippen molar-refractivity contribution in [1.29, 1.82) is 0 Å². The van der Waals surface area contributed by atoms with E-state index in [1.165, 1.54) is 21.3 Å². The second-order valence-corrected chi connectivity index (χ2v) is 5.27. The average Bonchev–Trinajstić information content (AvgIpc) is 2.63. The van der Waals surface area contributed by atoms with Gasteiger partial charge in [0.2, 0.25) is 0 Å². The van der Waals surface area contributed by atoms with E-state index >= 15 is 0 Å². The van der Waals surface area contributed by atoms with Gasteiger partial charge < -0.3 is 5.32 Å². The van der Waals surface area contributed by atoms with Crippen LogP contribution in [0.2, 0.25) is 0 Å². The molecule has 0 unspecified atom stereocenters. The largest absolute Gasteiger partial charge is 0.345 e. The molecule has 1 aliphatic rings. The summed E-state index contributed by atoms with van der Waals surface area (Å²) < 4.78 is 0. The molecule has 2 aromatic heterocycles. The third-order valence-electron chi connectivity index (χ3n) is 2.13. The number of hydrogen-bond donors (Lipinski definition) is 1. The monoisotopic (exact) mass is 208 g/mol. The number of anilines is 2. The highest BCUT2D eigenvalue weighted by molar-refractivity contribution is 7.16. The first kappa shape index (κ1) is 7.53. The number of hydrogen-bond acceptors (Lipinski definition) is 4. The molecule has 3 heterocycles. The van der Waals surface area contributed by atoms with Crippen LogP contribution < -0.4 is 5.32 Å². The van der Waals surface area contributed by atoms with Crippen LogP contribution >= 0.6 is 22.7 Å². The van der Waals surface area contributed by atoms with E-state index in [2.05, 4.69) is 28.7 Å². The molecule has 0 saturated heterocycles. The SMILES string of the molecule is Cc1nc2c(s1)Nc1ccsc1C2. The molecule has 0 spiro atoms. The topological polar surface area (TPSA) is 24.9 Å². The molecule has 1 aliphatic heterocycles. The molecule has 2 aromatic rings. The number of aryl methyl sites for hydroxylation is 1. The number of rotatable bonds is 0. The van der Waals surface area contributed by atoms with Crippen molar-refractivity contribution < 1.29 is 0 Å². The lowest BCUT2D eigenvalue weighted by Gasteiger charge is -2.11. The number of fused-ring (bicyclic) bond motifs is 2. The van der Waals surface area contributed by atoms with Crippen LogP contribution in [0.15, 0.2) is 11.4 Å². The first-order chi connectivity index (χ1) is 6.33. The normalized spacial score (nSPS) is 13.3. The fourth-order valence-electron chi connectivity index (χ4n) is 1.55. The minimum absolute atomic E-state index is 1.000. The highest BCUT2D eigenvalue weighted by atomic mass is 32.1. The lowest BCUT2D eigenvalue weighted by Crippen LogP contribution is -2.01. The quantitative estimate of drug-likeness (QED) is 0.614. The summed E-state index contributed by atoms with van der Waals surface area (Å²) >= 11 is 3.54. The third-order valence-corrected chi connectivity index (χ3v) is 3.98. The van der Waals surface area contributed by atoms with E-state index in [0.29, 0.717) is 0 Å². The van der Waals surface area contributed by atoms with Crippen LogP contribution in [0.25, 0.3) is 0 Å². The predicted molar refractivity (Wildman–Crippen MR) is 57.3 cm³/mol. The van der Waals surface area contributed by atoms with Gasteiger partial charge in [0.05, 0.1) is 16.4 Å².